The van der Waals surface area contributed by atoms with Crippen molar-refractivity contribution in [3.05, 3.63) is 17.4 Å². The van der Waals surface area contributed by atoms with Crippen LogP contribution >= 0.6 is 22.3 Å². The molecule has 0 atom stereocenters. The molecule has 1 heterocycles. The summed E-state index contributed by atoms with van der Waals surface area (Å²) in [5.74, 6) is 0. The van der Waals surface area contributed by atoms with E-state index in [9.17, 15) is 8.42 Å². The van der Waals surface area contributed by atoms with Gasteiger partial charge in [-0.3, -0.25) is 0 Å². The first-order valence-electron chi connectivity index (χ1n) is 3.64. The predicted octanol–water partition coefficient (Wildman–Crippen LogP) is 2.65. The van der Waals surface area contributed by atoms with Crippen LogP contribution < -0.4 is 0 Å². The van der Waals surface area contributed by atoms with Gasteiger partial charge in [0.1, 0.15) is 10.0 Å². The van der Waals surface area contributed by atoms with Gasteiger partial charge in [-0.05, 0) is 19.9 Å². The molecule has 0 aliphatic carbocycles. The molecule has 0 saturated carbocycles. The Labute approximate surface area is 86.7 Å². The minimum Gasteiger partial charge on any atom is -0.335 e. The van der Waals surface area contributed by atoms with E-state index >= 15 is 0 Å². The molecule has 0 aromatic carbocycles. The lowest BCUT2D eigenvalue weighted by Crippen LogP contribution is -1.98. The standard InChI is InChI=1S/C7H9Cl2NO2S/c1-5(2)10-4-6(3-7(10)8)13(9,11)12/h3-5H,1-2H3. The molecular weight excluding hydrogens is 233 g/mol. The quantitative estimate of drug-likeness (QED) is 0.748. The van der Waals surface area contributed by atoms with E-state index in [1.807, 2.05) is 13.8 Å². The van der Waals surface area contributed by atoms with Gasteiger partial charge in [-0.1, -0.05) is 11.6 Å². The van der Waals surface area contributed by atoms with E-state index in [2.05, 4.69) is 0 Å². The van der Waals surface area contributed by atoms with Gasteiger partial charge in [-0.2, -0.15) is 0 Å². The minimum atomic E-state index is -3.67. The van der Waals surface area contributed by atoms with E-state index in [0.29, 0.717) is 5.15 Å². The molecule has 6 heteroatoms. The number of rotatable bonds is 2. The van der Waals surface area contributed by atoms with Crippen molar-refractivity contribution in [2.24, 2.45) is 0 Å². The fourth-order valence-electron chi connectivity index (χ4n) is 0.957. The lowest BCUT2D eigenvalue weighted by atomic mass is 10.4. The summed E-state index contributed by atoms with van der Waals surface area (Å²) in [7, 11) is 1.48. The lowest BCUT2D eigenvalue weighted by molar-refractivity contribution is 0.596. The molecule has 0 spiro atoms. The summed E-state index contributed by atoms with van der Waals surface area (Å²) in [6.45, 7) is 3.80. The molecule has 0 unspecified atom stereocenters. The maximum absolute atomic E-state index is 10.9. The van der Waals surface area contributed by atoms with E-state index in [0.717, 1.165) is 0 Å². The fourth-order valence-corrected chi connectivity index (χ4v) is 2.13. The molecule has 3 nitrogen and oxygen atoms in total. The zero-order valence-electron chi connectivity index (χ0n) is 7.16. The van der Waals surface area contributed by atoms with Crippen LogP contribution in [0.15, 0.2) is 17.2 Å². The Morgan fingerprint density at radius 1 is 1.46 bits per heavy atom. The third-order valence-corrected chi connectivity index (χ3v) is 3.24. The Morgan fingerprint density at radius 2 is 2.00 bits per heavy atom. The predicted molar refractivity (Wildman–Crippen MR) is 52.9 cm³/mol. The zero-order chi connectivity index (χ0) is 10.2. The average molecular weight is 242 g/mol. The molecule has 1 aromatic rings. The van der Waals surface area contributed by atoms with Gasteiger partial charge >= 0.3 is 0 Å². The van der Waals surface area contributed by atoms with Gasteiger partial charge in [0.05, 0.1) is 0 Å². The Hall–Kier alpha value is -0.190. The second-order valence-corrected chi connectivity index (χ2v) is 5.89. The second kappa shape index (κ2) is 3.52. The monoisotopic (exact) mass is 241 g/mol. The normalized spacial score (nSPS) is 12.4. The van der Waals surface area contributed by atoms with Gasteiger partial charge in [0, 0.05) is 22.9 Å². The van der Waals surface area contributed by atoms with E-state index in [4.69, 9.17) is 22.3 Å². The molecule has 0 aliphatic heterocycles. The van der Waals surface area contributed by atoms with E-state index in [-0.39, 0.29) is 10.9 Å². The van der Waals surface area contributed by atoms with E-state index in [1.54, 1.807) is 4.57 Å². The average Bonchev–Trinajstić information content (AvgIpc) is 2.29. The number of hydrogen-bond donors (Lipinski definition) is 0. The van der Waals surface area contributed by atoms with Crippen LogP contribution in [0.2, 0.25) is 5.15 Å². The van der Waals surface area contributed by atoms with Gasteiger partial charge in [-0.15, -0.1) is 0 Å². The highest BCUT2D eigenvalue weighted by Gasteiger charge is 2.15. The minimum absolute atomic E-state index is 0.0351. The van der Waals surface area contributed by atoms with Crippen LogP contribution in [0.25, 0.3) is 0 Å². The molecule has 1 aromatic heterocycles. The first-order chi connectivity index (χ1) is 5.82. The van der Waals surface area contributed by atoms with Gasteiger partial charge in [-0.25, -0.2) is 8.42 Å². The third kappa shape index (κ3) is 2.39. The van der Waals surface area contributed by atoms with Crippen LogP contribution in [0.5, 0.6) is 0 Å². The first-order valence-corrected chi connectivity index (χ1v) is 6.33. The van der Waals surface area contributed by atoms with Crippen molar-refractivity contribution in [1.82, 2.24) is 4.57 Å². The SMILES string of the molecule is CC(C)n1cc(S(=O)(=O)Cl)cc1Cl. The highest BCUT2D eigenvalue weighted by molar-refractivity contribution is 8.13. The molecule has 0 aliphatic rings. The summed E-state index contributed by atoms with van der Waals surface area (Å²) in [6.07, 6.45) is 1.43. The molecular formula is C7H9Cl2NO2S. The van der Waals surface area contributed by atoms with E-state index in [1.165, 1.54) is 12.3 Å². The Balaban J connectivity index is 3.25. The van der Waals surface area contributed by atoms with Crippen molar-refractivity contribution in [1.29, 1.82) is 0 Å². The molecule has 1 rings (SSSR count). The molecule has 0 saturated heterocycles. The third-order valence-electron chi connectivity index (χ3n) is 1.61. The molecule has 0 bridgehead atoms. The van der Waals surface area contributed by atoms with Crippen molar-refractivity contribution in [3.63, 3.8) is 0 Å². The van der Waals surface area contributed by atoms with Crippen molar-refractivity contribution in [3.8, 4) is 0 Å². The summed E-state index contributed by atoms with van der Waals surface area (Å²) >= 11 is 5.79. The molecule has 0 N–H and O–H groups in total. The largest absolute Gasteiger partial charge is 0.335 e. The number of halogens is 2. The van der Waals surface area contributed by atoms with Gasteiger partial charge in [0.2, 0.25) is 0 Å². The highest BCUT2D eigenvalue weighted by atomic mass is 35.7. The fraction of sp³-hybridized carbons (Fsp3) is 0.429. The molecule has 74 valence electrons. The number of aromatic nitrogens is 1. The Bertz CT molecular complexity index is 408. The number of hydrogen-bond acceptors (Lipinski definition) is 2. The summed E-state index contributed by atoms with van der Waals surface area (Å²) in [5.41, 5.74) is 0. The number of nitrogens with zero attached hydrogens (tertiary/aromatic N) is 1. The molecule has 13 heavy (non-hydrogen) atoms. The van der Waals surface area contributed by atoms with Crippen LogP contribution in [0.4, 0.5) is 0 Å². The van der Waals surface area contributed by atoms with E-state index < -0.39 is 9.05 Å². The zero-order valence-corrected chi connectivity index (χ0v) is 9.49. The van der Waals surface area contributed by atoms with Crippen LogP contribution in [0.3, 0.4) is 0 Å². The summed E-state index contributed by atoms with van der Waals surface area (Å²) in [5, 5.41) is 0.370. The maximum Gasteiger partial charge on any atom is 0.262 e. The molecule has 0 amide bonds. The van der Waals surface area contributed by atoms with Crippen LogP contribution in [-0.2, 0) is 9.05 Å². The Kier molecular flexibility index (Phi) is 2.95. The second-order valence-electron chi connectivity index (χ2n) is 2.94. The van der Waals surface area contributed by atoms with Gasteiger partial charge < -0.3 is 4.57 Å². The topological polar surface area (TPSA) is 39.1 Å². The van der Waals surface area contributed by atoms with Crippen LogP contribution in [0, 0.1) is 0 Å². The smallest absolute Gasteiger partial charge is 0.262 e. The first kappa shape index (κ1) is 10.9. The summed E-state index contributed by atoms with van der Waals surface area (Å²) in [4.78, 5) is 0.0351. The van der Waals surface area contributed by atoms with Crippen LogP contribution in [0.1, 0.15) is 19.9 Å². The maximum atomic E-state index is 10.9. The van der Waals surface area contributed by atoms with Gasteiger partial charge in [0.15, 0.2) is 0 Å². The van der Waals surface area contributed by atoms with Gasteiger partial charge in [0.25, 0.3) is 9.05 Å². The molecule has 0 fully saturated rings. The van der Waals surface area contributed by atoms with Crippen LogP contribution in [-0.4, -0.2) is 13.0 Å². The highest BCUT2D eigenvalue weighted by Crippen LogP contribution is 2.24. The van der Waals surface area contributed by atoms with Crippen molar-refractivity contribution in [2.45, 2.75) is 24.8 Å². The van der Waals surface area contributed by atoms with Crippen molar-refractivity contribution < 1.29 is 8.42 Å². The Morgan fingerprint density at radius 3 is 2.23 bits per heavy atom. The lowest BCUT2D eigenvalue weighted by Gasteiger charge is -2.07. The summed E-state index contributed by atoms with van der Waals surface area (Å²) in [6, 6.07) is 1.45. The van der Waals surface area contributed by atoms with Crippen molar-refractivity contribution >= 4 is 31.3 Å². The van der Waals surface area contributed by atoms with Crippen molar-refractivity contribution in [2.75, 3.05) is 0 Å². The molecule has 0 radical (unpaired) electrons. The summed E-state index contributed by atoms with van der Waals surface area (Å²) < 4.78 is 23.5.